The summed E-state index contributed by atoms with van der Waals surface area (Å²) in [6.07, 6.45) is 0.920. The maximum atomic E-state index is 12.8. The molecule has 3 nitrogen and oxygen atoms in total. The number of fused-ring (bicyclic) bond motifs is 1. The number of carbonyl (C=O) groups is 1. The molecule has 0 fully saturated rings. The number of nitrogens with zero attached hydrogens (tertiary/aromatic N) is 1. The molecule has 1 aliphatic rings. The summed E-state index contributed by atoms with van der Waals surface area (Å²) in [4.78, 5) is 14.8. The highest BCUT2D eigenvalue weighted by Crippen LogP contribution is 2.26. The number of amides is 1. The van der Waals surface area contributed by atoms with Crippen LogP contribution in [0, 0.1) is 0 Å². The van der Waals surface area contributed by atoms with E-state index in [1.54, 1.807) is 11.8 Å². The van der Waals surface area contributed by atoms with Crippen molar-refractivity contribution >= 4 is 17.7 Å². The second-order valence-corrected chi connectivity index (χ2v) is 7.64. The molecule has 4 heteroatoms. The molecule has 2 aromatic carbocycles. The van der Waals surface area contributed by atoms with Crippen molar-refractivity contribution in [2.24, 2.45) is 0 Å². The minimum absolute atomic E-state index is 0.0307. The van der Waals surface area contributed by atoms with Crippen molar-refractivity contribution in [3.8, 4) is 5.75 Å². The van der Waals surface area contributed by atoms with Gasteiger partial charge >= 0.3 is 0 Å². The molecule has 132 valence electrons. The maximum Gasteiger partial charge on any atom is 0.235 e. The number of rotatable bonds is 6. The van der Waals surface area contributed by atoms with Crippen LogP contribution in [0.2, 0.25) is 0 Å². The second-order valence-electron chi connectivity index (χ2n) is 6.31. The summed E-state index contributed by atoms with van der Waals surface area (Å²) in [5.41, 5.74) is 3.81. The highest BCUT2D eigenvalue weighted by atomic mass is 32.2. The average molecular weight is 356 g/mol. The molecule has 1 aliphatic heterocycles. The third kappa shape index (κ3) is 4.57. The Kier molecular flexibility index (Phi) is 6.03. The molecule has 0 radical (unpaired) electrons. The Balaban J connectivity index is 1.60. The van der Waals surface area contributed by atoms with Gasteiger partial charge in [0.1, 0.15) is 5.75 Å². The number of carbonyl (C=O) groups excluding carboxylic acids is 1. The van der Waals surface area contributed by atoms with Gasteiger partial charge in [0.2, 0.25) is 5.91 Å². The number of ether oxygens (including phenoxy) is 1. The van der Waals surface area contributed by atoms with Crippen LogP contribution in [0.25, 0.3) is 0 Å². The summed E-state index contributed by atoms with van der Waals surface area (Å²) in [6, 6.07) is 16.6. The summed E-state index contributed by atoms with van der Waals surface area (Å²) in [5.74, 6) is 1.99. The number of benzene rings is 2. The van der Waals surface area contributed by atoms with Gasteiger partial charge in [-0.25, -0.2) is 0 Å². The van der Waals surface area contributed by atoms with Gasteiger partial charge in [0, 0.05) is 18.8 Å². The van der Waals surface area contributed by atoms with Crippen molar-refractivity contribution in [2.75, 3.05) is 13.2 Å². The van der Waals surface area contributed by atoms with E-state index < -0.39 is 0 Å². The molecule has 1 heterocycles. The van der Waals surface area contributed by atoms with Gasteiger partial charge in [-0.05, 0) is 49.1 Å². The Morgan fingerprint density at radius 1 is 1.20 bits per heavy atom. The van der Waals surface area contributed by atoms with Crippen molar-refractivity contribution in [3.05, 3.63) is 65.2 Å². The Morgan fingerprint density at radius 2 is 2.00 bits per heavy atom. The first-order chi connectivity index (χ1) is 12.2. The topological polar surface area (TPSA) is 29.5 Å². The van der Waals surface area contributed by atoms with Crippen molar-refractivity contribution in [1.29, 1.82) is 0 Å². The van der Waals surface area contributed by atoms with Gasteiger partial charge in [0.15, 0.2) is 0 Å². The Hall–Kier alpha value is -1.94. The minimum Gasteiger partial charge on any atom is -0.494 e. The molecule has 25 heavy (non-hydrogen) atoms. The Labute approximate surface area is 154 Å². The van der Waals surface area contributed by atoms with Gasteiger partial charge in [-0.1, -0.05) is 36.4 Å². The zero-order valence-corrected chi connectivity index (χ0v) is 15.7. The summed E-state index contributed by atoms with van der Waals surface area (Å²) in [5, 5.41) is -0.0307. The summed E-state index contributed by atoms with van der Waals surface area (Å²) in [7, 11) is 0. The lowest BCUT2D eigenvalue weighted by molar-refractivity contribution is -0.131. The highest BCUT2D eigenvalue weighted by Gasteiger charge is 2.25. The van der Waals surface area contributed by atoms with Crippen LogP contribution in [0.3, 0.4) is 0 Å². The van der Waals surface area contributed by atoms with E-state index in [1.807, 2.05) is 43.0 Å². The van der Waals surface area contributed by atoms with Crippen LogP contribution in [-0.2, 0) is 23.5 Å². The first-order valence-corrected chi connectivity index (χ1v) is 9.91. The van der Waals surface area contributed by atoms with E-state index in [1.165, 1.54) is 16.7 Å². The quantitative estimate of drug-likeness (QED) is 0.774. The predicted octanol–water partition coefficient (Wildman–Crippen LogP) is 4.29. The van der Waals surface area contributed by atoms with Crippen LogP contribution in [-0.4, -0.2) is 29.2 Å². The van der Waals surface area contributed by atoms with Gasteiger partial charge in [-0.2, -0.15) is 0 Å². The monoisotopic (exact) mass is 355 g/mol. The normalized spacial score (nSPS) is 14.7. The maximum absolute atomic E-state index is 12.8. The third-order valence-electron chi connectivity index (χ3n) is 4.50. The first-order valence-electron chi connectivity index (χ1n) is 8.86. The molecule has 0 aliphatic carbocycles. The molecule has 0 aromatic heterocycles. The Bertz CT molecular complexity index is 717. The molecular weight excluding hydrogens is 330 g/mol. The van der Waals surface area contributed by atoms with Crippen LogP contribution >= 0.6 is 11.8 Å². The van der Waals surface area contributed by atoms with E-state index in [0.29, 0.717) is 13.2 Å². The largest absolute Gasteiger partial charge is 0.494 e. The zero-order valence-electron chi connectivity index (χ0n) is 14.9. The second kappa shape index (κ2) is 8.43. The summed E-state index contributed by atoms with van der Waals surface area (Å²) >= 11 is 1.71. The van der Waals surface area contributed by atoms with Crippen LogP contribution in [0.5, 0.6) is 5.75 Å². The predicted molar refractivity (Wildman–Crippen MR) is 104 cm³/mol. The number of hydrogen-bond donors (Lipinski definition) is 0. The SMILES string of the molecule is CCOc1ccc2c(c1)CN(C(=O)C(C)SCc1ccccc1)CC2. The van der Waals surface area contributed by atoms with Crippen molar-refractivity contribution in [2.45, 2.75) is 37.8 Å². The van der Waals surface area contributed by atoms with E-state index >= 15 is 0 Å². The highest BCUT2D eigenvalue weighted by molar-refractivity contribution is 7.99. The van der Waals surface area contributed by atoms with Gasteiger partial charge in [-0.3, -0.25) is 4.79 Å². The van der Waals surface area contributed by atoms with Crippen LogP contribution < -0.4 is 4.74 Å². The lowest BCUT2D eigenvalue weighted by atomic mass is 9.99. The van der Waals surface area contributed by atoms with Crippen molar-refractivity contribution < 1.29 is 9.53 Å². The van der Waals surface area contributed by atoms with E-state index in [2.05, 4.69) is 24.3 Å². The van der Waals surface area contributed by atoms with E-state index in [4.69, 9.17) is 4.74 Å². The smallest absolute Gasteiger partial charge is 0.235 e. The fourth-order valence-corrected chi connectivity index (χ4v) is 4.03. The molecule has 0 saturated carbocycles. The molecule has 0 saturated heterocycles. The fraction of sp³-hybridized carbons (Fsp3) is 0.381. The minimum atomic E-state index is -0.0307. The van der Waals surface area contributed by atoms with Crippen molar-refractivity contribution in [3.63, 3.8) is 0 Å². The molecule has 1 unspecified atom stereocenters. The molecule has 3 rings (SSSR count). The van der Waals surface area contributed by atoms with Gasteiger partial charge in [0.05, 0.1) is 11.9 Å². The van der Waals surface area contributed by atoms with E-state index in [9.17, 15) is 4.79 Å². The fourth-order valence-electron chi connectivity index (χ4n) is 3.10. The lowest BCUT2D eigenvalue weighted by Crippen LogP contribution is -2.40. The molecule has 0 N–H and O–H groups in total. The molecule has 2 aromatic rings. The van der Waals surface area contributed by atoms with Gasteiger partial charge in [-0.15, -0.1) is 11.8 Å². The lowest BCUT2D eigenvalue weighted by Gasteiger charge is -2.31. The van der Waals surface area contributed by atoms with E-state index in [0.717, 1.165) is 24.5 Å². The molecule has 1 atom stereocenters. The molecule has 0 spiro atoms. The van der Waals surface area contributed by atoms with Crippen molar-refractivity contribution in [1.82, 2.24) is 4.90 Å². The van der Waals surface area contributed by atoms with E-state index in [-0.39, 0.29) is 11.2 Å². The number of hydrogen-bond acceptors (Lipinski definition) is 3. The standard InChI is InChI=1S/C21H25NO2S/c1-3-24-20-10-9-18-11-12-22(14-19(18)13-20)21(23)16(2)25-15-17-7-5-4-6-8-17/h4-10,13,16H,3,11-12,14-15H2,1-2H3. The number of thioether (sulfide) groups is 1. The molecular formula is C21H25NO2S. The zero-order chi connectivity index (χ0) is 17.6. The average Bonchev–Trinajstić information content (AvgIpc) is 2.66. The molecule has 0 bridgehead atoms. The van der Waals surface area contributed by atoms with Gasteiger partial charge < -0.3 is 9.64 Å². The van der Waals surface area contributed by atoms with Crippen LogP contribution in [0.4, 0.5) is 0 Å². The third-order valence-corrected chi connectivity index (χ3v) is 5.70. The van der Waals surface area contributed by atoms with Crippen LogP contribution in [0.1, 0.15) is 30.5 Å². The summed E-state index contributed by atoms with van der Waals surface area (Å²) < 4.78 is 5.60. The Morgan fingerprint density at radius 3 is 2.76 bits per heavy atom. The summed E-state index contributed by atoms with van der Waals surface area (Å²) in [6.45, 7) is 6.15. The molecule has 1 amide bonds. The first kappa shape index (κ1) is 17.9. The van der Waals surface area contributed by atoms with Gasteiger partial charge in [0.25, 0.3) is 0 Å². The van der Waals surface area contributed by atoms with Crippen LogP contribution in [0.15, 0.2) is 48.5 Å².